The molecule has 25 heavy (non-hydrogen) atoms. The van der Waals surface area contributed by atoms with E-state index < -0.39 is 0 Å². The molecular weight excluding hydrogens is 312 g/mol. The van der Waals surface area contributed by atoms with Crippen molar-refractivity contribution in [3.05, 3.63) is 66.2 Å². The zero-order chi connectivity index (χ0) is 17.1. The van der Waals surface area contributed by atoms with Gasteiger partial charge >= 0.3 is 0 Å². The molecule has 4 heteroatoms. The highest BCUT2D eigenvalue weighted by Gasteiger charge is 2.27. The van der Waals surface area contributed by atoms with Gasteiger partial charge in [0.05, 0.1) is 18.3 Å². The van der Waals surface area contributed by atoms with Gasteiger partial charge in [-0.3, -0.25) is 9.78 Å². The maximum Gasteiger partial charge on any atom is 0.254 e. The Hall–Kier alpha value is -2.62. The molecule has 1 aliphatic rings. The molecule has 4 rings (SSSR count). The minimum atomic E-state index is 0.0778. The normalized spacial score (nSPS) is 15.4. The molecule has 0 aliphatic heterocycles. The number of carbonyl (C=O) groups excluding carboxylic acids is 1. The van der Waals surface area contributed by atoms with Gasteiger partial charge in [-0.15, -0.1) is 0 Å². The number of rotatable bonds is 4. The number of furan rings is 1. The number of aromatic nitrogens is 1. The van der Waals surface area contributed by atoms with E-state index in [0.717, 1.165) is 35.1 Å². The highest BCUT2D eigenvalue weighted by molar-refractivity contribution is 5.98. The van der Waals surface area contributed by atoms with Gasteiger partial charge in [-0.1, -0.05) is 25.3 Å². The van der Waals surface area contributed by atoms with Gasteiger partial charge in [-0.05, 0) is 49.2 Å². The minimum absolute atomic E-state index is 0.0778. The molecule has 3 aromatic rings. The molecule has 1 aromatic carbocycles. The van der Waals surface area contributed by atoms with Crippen LogP contribution in [-0.4, -0.2) is 21.8 Å². The van der Waals surface area contributed by atoms with Crippen LogP contribution in [0.4, 0.5) is 0 Å². The summed E-state index contributed by atoms with van der Waals surface area (Å²) in [7, 11) is 0. The van der Waals surface area contributed by atoms with Crippen LogP contribution in [0.25, 0.3) is 10.9 Å². The molecule has 1 aliphatic carbocycles. The third kappa shape index (κ3) is 3.43. The van der Waals surface area contributed by atoms with E-state index >= 15 is 0 Å². The van der Waals surface area contributed by atoms with E-state index in [2.05, 4.69) is 4.98 Å². The van der Waals surface area contributed by atoms with Gasteiger partial charge in [-0.25, -0.2) is 0 Å². The lowest BCUT2D eigenvalue weighted by Gasteiger charge is -2.34. The number of nitrogens with zero attached hydrogens (tertiary/aromatic N) is 2. The second-order valence-corrected chi connectivity index (χ2v) is 6.72. The first-order chi connectivity index (χ1) is 12.3. The molecule has 2 heterocycles. The van der Waals surface area contributed by atoms with E-state index in [1.54, 1.807) is 12.5 Å². The van der Waals surface area contributed by atoms with E-state index in [1.165, 1.54) is 19.3 Å². The predicted molar refractivity (Wildman–Crippen MR) is 97.2 cm³/mol. The molecule has 128 valence electrons. The average molecular weight is 334 g/mol. The van der Waals surface area contributed by atoms with Crippen molar-refractivity contribution in [1.82, 2.24) is 9.88 Å². The molecule has 0 unspecified atom stereocenters. The van der Waals surface area contributed by atoms with Crippen molar-refractivity contribution in [2.24, 2.45) is 0 Å². The Bertz CT molecular complexity index is 851. The first-order valence-corrected chi connectivity index (χ1v) is 8.99. The fraction of sp³-hybridized carbons (Fsp3) is 0.333. The number of amides is 1. The van der Waals surface area contributed by atoms with Crippen molar-refractivity contribution < 1.29 is 9.21 Å². The third-order valence-corrected chi connectivity index (χ3v) is 5.03. The van der Waals surface area contributed by atoms with Gasteiger partial charge in [0, 0.05) is 23.2 Å². The summed E-state index contributed by atoms with van der Waals surface area (Å²) in [4.78, 5) is 19.6. The quantitative estimate of drug-likeness (QED) is 0.688. The van der Waals surface area contributed by atoms with Gasteiger partial charge in [-0.2, -0.15) is 0 Å². The summed E-state index contributed by atoms with van der Waals surface area (Å²) in [6, 6.07) is 13.8. The molecule has 4 nitrogen and oxygen atoms in total. The molecular formula is C21H22N2O2. The fourth-order valence-corrected chi connectivity index (χ4v) is 3.70. The van der Waals surface area contributed by atoms with Crippen LogP contribution in [0.2, 0.25) is 0 Å². The number of benzene rings is 1. The van der Waals surface area contributed by atoms with E-state index in [-0.39, 0.29) is 11.9 Å². The molecule has 0 atom stereocenters. The Morgan fingerprint density at radius 2 is 2.00 bits per heavy atom. The lowest BCUT2D eigenvalue weighted by molar-refractivity contribution is 0.0597. The molecule has 1 fully saturated rings. The SMILES string of the molecule is O=C(c1ccc2ncccc2c1)N(Cc1ccco1)C1CCCCC1. The highest BCUT2D eigenvalue weighted by Crippen LogP contribution is 2.26. The first-order valence-electron chi connectivity index (χ1n) is 8.99. The third-order valence-electron chi connectivity index (χ3n) is 5.03. The smallest absolute Gasteiger partial charge is 0.254 e. The van der Waals surface area contributed by atoms with E-state index in [0.29, 0.717) is 6.54 Å². The highest BCUT2D eigenvalue weighted by atomic mass is 16.3. The number of carbonyl (C=O) groups is 1. The lowest BCUT2D eigenvalue weighted by Crippen LogP contribution is -2.40. The second kappa shape index (κ2) is 7.09. The first kappa shape index (κ1) is 15.9. The standard InChI is InChI=1S/C21H22N2O2/c24-21(17-10-11-20-16(14-17)6-4-12-22-20)23(15-19-9-5-13-25-19)18-7-2-1-3-8-18/h4-6,9-14,18H,1-3,7-8,15H2. The number of fused-ring (bicyclic) bond motifs is 1. The van der Waals surface area contributed by atoms with Crippen LogP contribution in [0.3, 0.4) is 0 Å². The Kier molecular flexibility index (Phi) is 4.51. The average Bonchev–Trinajstić information content (AvgIpc) is 3.19. The molecule has 2 aromatic heterocycles. The number of hydrogen-bond acceptors (Lipinski definition) is 3. The molecule has 0 bridgehead atoms. The van der Waals surface area contributed by atoms with Gasteiger partial charge in [0.15, 0.2) is 0 Å². The molecule has 0 saturated heterocycles. The van der Waals surface area contributed by atoms with Crippen LogP contribution >= 0.6 is 0 Å². The summed E-state index contributed by atoms with van der Waals surface area (Å²) >= 11 is 0. The van der Waals surface area contributed by atoms with Crippen molar-refractivity contribution in [2.75, 3.05) is 0 Å². The molecule has 0 spiro atoms. The van der Waals surface area contributed by atoms with Crippen molar-refractivity contribution in [2.45, 2.75) is 44.7 Å². The van der Waals surface area contributed by atoms with Gasteiger partial charge in [0.1, 0.15) is 5.76 Å². The minimum Gasteiger partial charge on any atom is -0.467 e. The van der Waals surface area contributed by atoms with Crippen LogP contribution in [0.15, 0.2) is 59.3 Å². The van der Waals surface area contributed by atoms with Crippen LogP contribution in [-0.2, 0) is 6.54 Å². The Balaban J connectivity index is 1.65. The monoisotopic (exact) mass is 334 g/mol. The second-order valence-electron chi connectivity index (χ2n) is 6.72. The summed E-state index contributed by atoms with van der Waals surface area (Å²) in [6.45, 7) is 0.529. The van der Waals surface area contributed by atoms with Crippen molar-refractivity contribution in [3.63, 3.8) is 0 Å². The van der Waals surface area contributed by atoms with Crippen LogP contribution < -0.4 is 0 Å². The zero-order valence-electron chi connectivity index (χ0n) is 14.2. The maximum absolute atomic E-state index is 13.3. The topological polar surface area (TPSA) is 46.3 Å². The van der Waals surface area contributed by atoms with Gasteiger partial charge in [0.25, 0.3) is 5.91 Å². The number of hydrogen-bond donors (Lipinski definition) is 0. The number of pyridine rings is 1. The van der Waals surface area contributed by atoms with Crippen molar-refractivity contribution in [3.8, 4) is 0 Å². The van der Waals surface area contributed by atoms with E-state index in [9.17, 15) is 4.79 Å². The summed E-state index contributed by atoms with van der Waals surface area (Å²) in [6.07, 6.45) is 9.22. The largest absolute Gasteiger partial charge is 0.467 e. The van der Waals surface area contributed by atoms with E-state index in [1.807, 2.05) is 47.4 Å². The summed E-state index contributed by atoms with van der Waals surface area (Å²) in [5.41, 5.74) is 1.63. The Morgan fingerprint density at radius 1 is 1.12 bits per heavy atom. The molecule has 1 amide bonds. The van der Waals surface area contributed by atoms with Crippen LogP contribution in [0.5, 0.6) is 0 Å². The fourth-order valence-electron chi connectivity index (χ4n) is 3.70. The van der Waals surface area contributed by atoms with Crippen molar-refractivity contribution >= 4 is 16.8 Å². The molecule has 0 N–H and O–H groups in total. The summed E-state index contributed by atoms with van der Waals surface area (Å²) in [5.74, 6) is 0.912. The summed E-state index contributed by atoms with van der Waals surface area (Å²) in [5, 5.41) is 0.995. The predicted octanol–water partition coefficient (Wildman–Crippen LogP) is 4.80. The van der Waals surface area contributed by atoms with E-state index in [4.69, 9.17) is 4.42 Å². The van der Waals surface area contributed by atoms with Gasteiger partial charge < -0.3 is 9.32 Å². The van der Waals surface area contributed by atoms with Crippen molar-refractivity contribution in [1.29, 1.82) is 0 Å². The Labute approximate surface area is 147 Å². The van der Waals surface area contributed by atoms with Crippen LogP contribution in [0.1, 0.15) is 48.2 Å². The lowest BCUT2D eigenvalue weighted by atomic mass is 9.93. The molecule has 0 radical (unpaired) electrons. The summed E-state index contributed by atoms with van der Waals surface area (Å²) < 4.78 is 5.51. The molecule has 1 saturated carbocycles. The maximum atomic E-state index is 13.3. The van der Waals surface area contributed by atoms with Crippen LogP contribution in [0, 0.1) is 0 Å². The van der Waals surface area contributed by atoms with Gasteiger partial charge in [0.2, 0.25) is 0 Å². The Morgan fingerprint density at radius 3 is 2.80 bits per heavy atom. The zero-order valence-corrected chi connectivity index (χ0v) is 14.2.